The van der Waals surface area contributed by atoms with Gasteiger partial charge in [-0.3, -0.25) is 0 Å². The van der Waals surface area contributed by atoms with Crippen molar-refractivity contribution in [2.24, 2.45) is 0 Å². The zero-order chi connectivity index (χ0) is 27.6. The van der Waals surface area contributed by atoms with E-state index in [1.54, 1.807) is 0 Å². The lowest BCUT2D eigenvalue weighted by Crippen LogP contribution is -2.09. The van der Waals surface area contributed by atoms with Crippen LogP contribution in [0.2, 0.25) is 0 Å². The van der Waals surface area contributed by atoms with Crippen LogP contribution >= 0.6 is 0 Å². The summed E-state index contributed by atoms with van der Waals surface area (Å²) < 4.78 is 6.53. The standard InChI is InChI=1S/C40H25NO/c1-3-12-28(13-4-1)41(29-14-5-2-6-15-29)30-23-21-26(22-24-30)35-25-27-11-9-18-33-37(27)38-31(35)17-10-19-34(38)40-39(33)32-16-7-8-20-36(32)42-40/h1-25H. The van der Waals surface area contributed by atoms with Crippen LogP contribution in [0.3, 0.4) is 0 Å². The summed E-state index contributed by atoms with van der Waals surface area (Å²) in [6.07, 6.45) is 0. The Hall–Kier alpha value is -5.60. The van der Waals surface area contributed by atoms with Gasteiger partial charge in [-0.1, -0.05) is 103 Å². The van der Waals surface area contributed by atoms with Crippen molar-refractivity contribution in [1.82, 2.24) is 0 Å². The van der Waals surface area contributed by atoms with Crippen molar-refractivity contribution in [3.63, 3.8) is 0 Å². The average molecular weight is 536 g/mol. The Labute approximate surface area is 243 Å². The highest BCUT2D eigenvalue weighted by molar-refractivity contribution is 6.37. The van der Waals surface area contributed by atoms with Gasteiger partial charge in [0.15, 0.2) is 0 Å². The fourth-order valence-corrected chi connectivity index (χ4v) is 6.78. The van der Waals surface area contributed by atoms with E-state index in [0.717, 1.165) is 28.2 Å². The SMILES string of the molecule is c1ccc(N(c2ccccc2)c2ccc(-c3cc4cccc5c6c7ccccc7oc6c6cccc3c6c45)cc2)cc1. The van der Waals surface area contributed by atoms with Crippen molar-refractivity contribution >= 4 is 71.3 Å². The summed E-state index contributed by atoms with van der Waals surface area (Å²) >= 11 is 0. The molecule has 42 heavy (non-hydrogen) atoms. The van der Waals surface area contributed by atoms with Gasteiger partial charge in [0.2, 0.25) is 0 Å². The molecule has 0 saturated heterocycles. The largest absolute Gasteiger partial charge is 0.455 e. The van der Waals surface area contributed by atoms with Crippen LogP contribution in [-0.4, -0.2) is 0 Å². The van der Waals surface area contributed by atoms with Crippen molar-refractivity contribution in [2.75, 3.05) is 4.90 Å². The summed E-state index contributed by atoms with van der Waals surface area (Å²) in [4.78, 5) is 2.30. The molecule has 0 unspecified atom stereocenters. The summed E-state index contributed by atoms with van der Waals surface area (Å²) in [6, 6.07) is 54.1. The fraction of sp³-hybridized carbons (Fsp3) is 0. The Morgan fingerprint density at radius 3 is 1.76 bits per heavy atom. The summed E-state index contributed by atoms with van der Waals surface area (Å²) in [5.74, 6) is 0. The predicted octanol–water partition coefficient (Wildman–Crippen LogP) is 11.6. The molecule has 0 atom stereocenters. The Balaban J connectivity index is 1.27. The van der Waals surface area contributed by atoms with Crippen LogP contribution in [-0.2, 0) is 0 Å². The molecule has 0 aliphatic rings. The number of hydrogen-bond donors (Lipinski definition) is 0. The fourth-order valence-electron chi connectivity index (χ4n) is 6.78. The molecule has 0 N–H and O–H groups in total. The third-order valence-electron chi connectivity index (χ3n) is 8.58. The van der Waals surface area contributed by atoms with Gasteiger partial charge in [0.25, 0.3) is 0 Å². The Morgan fingerprint density at radius 2 is 1.00 bits per heavy atom. The maximum atomic E-state index is 6.53. The Morgan fingerprint density at radius 1 is 0.405 bits per heavy atom. The molecule has 0 aliphatic carbocycles. The third kappa shape index (κ3) is 3.33. The number of furan rings is 1. The van der Waals surface area contributed by atoms with Crippen molar-refractivity contribution < 1.29 is 4.42 Å². The molecule has 0 radical (unpaired) electrons. The van der Waals surface area contributed by atoms with Crippen LogP contribution in [0.15, 0.2) is 156 Å². The second-order valence-electron chi connectivity index (χ2n) is 10.9. The van der Waals surface area contributed by atoms with E-state index in [9.17, 15) is 0 Å². The Bertz CT molecular complexity index is 2350. The lowest BCUT2D eigenvalue weighted by atomic mass is 9.87. The van der Waals surface area contributed by atoms with E-state index in [-0.39, 0.29) is 0 Å². The van der Waals surface area contributed by atoms with E-state index in [4.69, 9.17) is 4.42 Å². The van der Waals surface area contributed by atoms with Gasteiger partial charge in [0.05, 0.1) is 0 Å². The lowest BCUT2D eigenvalue weighted by molar-refractivity contribution is 0.673. The molecule has 2 nitrogen and oxygen atoms in total. The number of rotatable bonds is 4. The van der Waals surface area contributed by atoms with Gasteiger partial charge in [-0.05, 0) is 81.2 Å². The van der Waals surface area contributed by atoms with Gasteiger partial charge in [0.1, 0.15) is 11.2 Å². The molecular weight excluding hydrogens is 510 g/mol. The molecule has 9 rings (SSSR count). The number of fused-ring (bicyclic) bond motifs is 5. The molecule has 0 saturated carbocycles. The molecular formula is C40H25NO. The van der Waals surface area contributed by atoms with Crippen molar-refractivity contribution in [1.29, 1.82) is 0 Å². The van der Waals surface area contributed by atoms with Gasteiger partial charge >= 0.3 is 0 Å². The number of hydrogen-bond acceptors (Lipinski definition) is 2. The maximum Gasteiger partial charge on any atom is 0.143 e. The summed E-state index contributed by atoms with van der Waals surface area (Å²) in [6.45, 7) is 0. The molecule has 0 bridgehead atoms. The molecule has 0 aliphatic heterocycles. The highest BCUT2D eigenvalue weighted by Crippen LogP contribution is 2.47. The first-order valence-corrected chi connectivity index (χ1v) is 14.4. The lowest BCUT2D eigenvalue weighted by Gasteiger charge is -2.25. The Kier molecular flexibility index (Phi) is 4.93. The van der Waals surface area contributed by atoms with Gasteiger partial charge in [-0.25, -0.2) is 0 Å². The smallest absolute Gasteiger partial charge is 0.143 e. The van der Waals surface area contributed by atoms with Crippen LogP contribution in [0.1, 0.15) is 0 Å². The minimum atomic E-state index is 0.932. The molecule has 1 heterocycles. The van der Waals surface area contributed by atoms with E-state index >= 15 is 0 Å². The van der Waals surface area contributed by atoms with Crippen LogP contribution in [0, 0.1) is 0 Å². The molecule has 0 spiro atoms. The second-order valence-corrected chi connectivity index (χ2v) is 10.9. The molecule has 0 fully saturated rings. The van der Waals surface area contributed by atoms with Gasteiger partial charge < -0.3 is 9.32 Å². The molecule has 1 aromatic heterocycles. The van der Waals surface area contributed by atoms with E-state index in [1.807, 2.05) is 6.07 Å². The maximum absolute atomic E-state index is 6.53. The molecule has 196 valence electrons. The van der Waals surface area contributed by atoms with Gasteiger partial charge in [0, 0.05) is 38.6 Å². The topological polar surface area (TPSA) is 16.4 Å². The first kappa shape index (κ1) is 23.1. The quantitative estimate of drug-likeness (QED) is 0.208. The normalized spacial score (nSPS) is 11.8. The predicted molar refractivity (Wildman–Crippen MR) is 178 cm³/mol. The molecule has 2 heteroatoms. The van der Waals surface area contributed by atoms with Crippen LogP contribution in [0.5, 0.6) is 0 Å². The number of nitrogens with zero attached hydrogens (tertiary/aromatic N) is 1. The van der Waals surface area contributed by atoms with Crippen molar-refractivity contribution in [3.8, 4) is 11.1 Å². The molecule has 0 amide bonds. The van der Waals surface area contributed by atoms with Gasteiger partial charge in [-0.15, -0.1) is 0 Å². The first-order chi connectivity index (χ1) is 20.8. The van der Waals surface area contributed by atoms with Crippen LogP contribution < -0.4 is 4.90 Å². The number of anilines is 3. The molecule has 8 aromatic carbocycles. The average Bonchev–Trinajstić information content (AvgIpc) is 3.46. The van der Waals surface area contributed by atoms with Gasteiger partial charge in [-0.2, -0.15) is 0 Å². The van der Waals surface area contributed by atoms with Crippen LogP contribution in [0.4, 0.5) is 17.1 Å². The van der Waals surface area contributed by atoms with Crippen molar-refractivity contribution in [3.05, 3.63) is 152 Å². The van der Waals surface area contributed by atoms with E-state index in [2.05, 4.69) is 150 Å². The number of benzene rings is 8. The third-order valence-corrected chi connectivity index (χ3v) is 8.58. The second kappa shape index (κ2) is 8.95. The van der Waals surface area contributed by atoms with E-state index in [0.29, 0.717) is 0 Å². The number of para-hydroxylation sites is 3. The minimum Gasteiger partial charge on any atom is -0.455 e. The monoisotopic (exact) mass is 535 g/mol. The molecule has 9 aromatic rings. The highest BCUT2D eigenvalue weighted by Gasteiger charge is 2.20. The summed E-state index contributed by atoms with van der Waals surface area (Å²) in [7, 11) is 0. The summed E-state index contributed by atoms with van der Waals surface area (Å²) in [5, 5.41) is 9.86. The van der Waals surface area contributed by atoms with Crippen LogP contribution in [0.25, 0.3) is 65.4 Å². The summed E-state index contributed by atoms with van der Waals surface area (Å²) in [5.41, 5.74) is 7.71. The van der Waals surface area contributed by atoms with E-state index < -0.39 is 0 Å². The highest BCUT2D eigenvalue weighted by atomic mass is 16.3. The zero-order valence-electron chi connectivity index (χ0n) is 22.8. The minimum absolute atomic E-state index is 0.932. The first-order valence-electron chi connectivity index (χ1n) is 14.4. The van der Waals surface area contributed by atoms with Crippen molar-refractivity contribution in [2.45, 2.75) is 0 Å². The van der Waals surface area contributed by atoms with E-state index in [1.165, 1.54) is 54.2 Å². The zero-order valence-corrected chi connectivity index (χ0v) is 22.8.